The van der Waals surface area contributed by atoms with Crippen molar-refractivity contribution in [2.75, 3.05) is 5.32 Å². The molecule has 1 N–H and O–H groups in total. The number of amides is 1. The fraction of sp³-hybridized carbons (Fsp3) is 0.118. The minimum absolute atomic E-state index is 0.0589. The average molecular weight is 329 g/mol. The largest absolute Gasteiger partial charge is 0.326 e. The highest BCUT2D eigenvalue weighted by Crippen LogP contribution is 2.15. The van der Waals surface area contributed by atoms with E-state index in [-0.39, 0.29) is 18.0 Å². The first-order valence-corrected chi connectivity index (χ1v) is 7.15. The molecule has 0 fully saturated rings. The molecular formula is C17H13F2N3O2. The Morgan fingerprint density at radius 2 is 1.96 bits per heavy atom. The zero-order chi connectivity index (χ0) is 17.3. The third kappa shape index (κ3) is 3.15. The van der Waals surface area contributed by atoms with Gasteiger partial charge in [-0.3, -0.25) is 14.2 Å². The summed E-state index contributed by atoms with van der Waals surface area (Å²) in [5.41, 5.74) is 1.07. The van der Waals surface area contributed by atoms with Gasteiger partial charge in [-0.25, -0.2) is 13.8 Å². The van der Waals surface area contributed by atoms with Crippen LogP contribution < -0.4 is 10.9 Å². The van der Waals surface area contributed by atoms with E-state index in [0.717, 1.165) is 12.1 Å². The number of nitrogens with zero attached hydrogens (tertiary/aromatic N) is 2. The SMILES string of the molecule is CC(=O)Nc1ccc2ncn(Cc3ccc(F)c(F)c3)c(=O)c2c1. The van der Waals surface area contributed by atoms with E-state index in [1.807, 2.05) is 0 Å². The lowest BCUT2D eigenvalue weighted by molar-refractivity contribution is -0.114. The summed E-state index contributed by atoms with van der Waals surface area (Å²) < 4.78 is 27.6. The molecule has 3 rings (SSSR count). The number of halogens is 2. The Balaban J connectivity index is 2.02. The number of hydrogen-bond acceptors (Lipinski definition) is 3. The molecule has 0 radical (unpaired) electrons. The van der Waals surface area contributed by atoms with Crippen LogP contribution in [0.3, 0.4) is 0 Å². The number of nitrogens with one attached hydrogen (secondary N) is 1. The van der Waals surface area contributed by atoms with E-state index >= 15 is 0 Å². The first kappa shape index (κ1) is 15.8. The van der Waals surface area contributed by atoms with Crippen molar-refractivity contribution in [1.82, 2.24) is 9.55 Å². The number of carbonyl (C=O) groups excluding carboxylic acids is 1. The third-order valence-electron chi connectivity index (χ3n) is 3.48. The van der Waals surface area contributed by atoms with Crippen molar-refractivity contribution in [3.8, 4) is 0 Å². The number of aromatic nitrogens is 2. The lowest BCUT2D eigenvalue weighted by atomic mass is 10.2. The first-order valence-electron chi connectivity index (χ1n) is 7.15. The molecule has 2 aromatic carbocycles. The molecule has 0 aliphatic heterocycles. The monoisotopic (exact) mass is 329 g/mol. The minimum atomic E-state index is -0.970. The molecule has 1 heterocycles. The second kappa shape index (κ2) is 6.19. The fourth-order valence-corrected chi connectivity index (χ4v) is 2.39. The Kier molecular flexibility index (Phi) is 4.07. The molecule has 24 heavy (non-hydrogen) atoms. The molecule has 0 spiro atoms. The number of carbonyl (C=O) groups is 1. The van der Waals surface area contributed by atoms with Crippen LogP contribution in [0.5, 0.6) is 0 Å². The lowest BCUT2D eigenvalue weighted by Gasteiger charge is -2.08. The van der Waals surface area contributed by atoms with E-state index in [4.69, 9.17) is 0 Å². The predicted octanol–water partition coefficient (Wildman–Crippen LogP) is 2.68. The van der Waals surface area contributed by atoms with Crippen LogP contribution >= 0.6 is 0 Å². The van der Waals surface area contributed by atoms with Gasteiger partial charge in [0.25, 0.3) is 5.56 Å². The fourth-order valence-electron chi connectivity index (χ4n) is 2.39. The molecule has 0 saturated heterocycles. The minimum Gasteiger partial charge on any atom is -0.326 e. The van der Waals surface area contributed by atoms with Gasteiger partial charge < -0.3 is 5.32 Å². The molecular weight excluding hydrogens is 316 g/mol. The van der Waals surface area contributed by atoms with Gasteiger partial charge >= 0.3 is 0 Å². The van der Waals surface area contributed by atoms with Gasteiger partial charge in [-0.2, -0.15) is 0 Å². The summed E-state index contributed by atoms with van der Waals surface area (Å²) in [5, 5.41) is 2.93. The van der Waals surface area contributed by atoms with E-state index in [2.05, 4.69) is 10.3 Å². The Bertz CT molecular complexity index is 999. The van der Waals surface area contributed by atoms with Crippen molar-refractivity contribution < 1.29 is 13.6 Å². The second-order valence-corrected chi connectivity index (χ2v) is 5.34. The summed E-state index contributed by atoms with van der Waals surface area (Å²) in [7, 11) is 0. The van der Waals surface area contributed by atoms with E-state index in [1.54, 1.807) is 12.1 Å². The molecule has 3 aromatic rings. The Morgan fingerprint density at radius 3 is 2.67 bits per heavy atom. The number of rotatable bonds is 3. The Morgan fingerprint density at radius 1 is 1.17 bits per heavy atom. The van der Waals surface area contributed by atoms with Crippen LogP contribution in [-0.2, 0) is 11.3 Å². The van der Waals surface area contributed by atoms with Crippen LogP contribution in [-0.4, -0.2) is 15.5 Å². The maximum Gasteiger partial charge on any atom is 0.261 e. The van der Waals surface area contributed by atoms with Gasteiger partial charge in [0, 0.05) is 12.6 Å². The normalized spacial score (nSPS) is 10.8. The van der Waals surface area contributed by atoms with Gasteiger partial charge in [0.05, 0.1) is 23.8 Å². The molecule has 122 valence electrons. The molecule has 0 aliphatic carbocycles. The Labute approximate surface area is 135 Å². The van der Waals surface area contributed by atoms with E-state index in [1.165, 1.54) is 30.0 Å². The zero-order valence-corrected chi connectivity index (χ0v) is 12.7. The van der Waals surface area contributed by atoms with Gasteiger partial charge in [-0.15, -0.1) is 0 Å². The summed E-state index contributed by atoms with van der Waals surface area (Å²) in [6.45, 7) is 1.43. The van der Waals surface area contributed by atoms with Crippen LogP contribution in [0, 0.1) is 11.6 Å². The standard InChI is InChI=1S/C17H13F2N3O2/c1-10(23)21-12-3-5-16-13(7-12)17(24)22(9-20-16)8-11-2-4-14(18)15(19)6-11/h2-7,9H,8H2,1H3,(H,21,23). The van der Waals surface area contributed by atoms with Crippen LogP contribution in [0.4, 0.5) is 14.5 Å². The topological polar surface area (TPSA) is 64.0 Å². The number of hydrogen-bond donors (Lipinski definition) is 1. The maximum absolute atomic E-state index is 13.3. The van der Waals surface area contributed by atoms with Gasteiger partial charge in [-0.05, 0) is 35.9 Å². The summed E-state index contributed by atoms with van der Waals surface area (Å²) in [6, 6.07) is 8.27. The van der Waals surface area contributed by atoms with Gasteiger partial charge in [0.2, 0.25) is 5.91 Å². The van der Waals surface area contributed by atoms with Crippen molar-refractivity contribution in [2.45, 2.75) is 13.5 Å². The molecule has 0 unspecified atom stereocenters. The molecule has 5 nitrogen and oxygen atoms in total. The van der Waals surface area contributed by atoms with E-state index in [9.17, 15) is 18.4 Å². The number of anilines is 1. The van der Waals surface area contributed by atoms with Crippen molar-refractivity contribution >= 4 is 22.5 Å². The van der Waals surface area contributed by atoms with Crippen molar-refractivity contribution in [3.05, 3.63) is 70.3 Å². The molecule has 7 heteroatoms. The van der Waals surface area contributed by atoms with Gasteiger partial charge in [-0.1, -0.05) is 6.07 Å². The van der Waals surface area contributed by atoms with Gasteiger partial charge in [0.15, 0.2) is 11.6 Å². The maximum atomic E-state index is 13.3. The van der Waals surface area contributed by atoms with Crippen molar-refractivity contribution in [2.24, 2.45) is 0 Å². The highest BCUT2D eigenvalue weighted by molar-refractivity contribution is 5.91. The summed E-state index contributed by atoms with van der Waals surface area (Å²) in [6.07, 6.45) is 1.35. The smallest absolute Gasteiger partial charge is 0.261 e. The number of fused-ring (bicyclic) bond motifs is 1. The Hall–Kier alpha value is -3.09. The average Bonchev–Trinajstić information content (AvgIpc) is 2.53. The quantitative estimate of drug-likeness (QED) is 0.803. The molecule has 0 bridgehead atoms. The summed E-state index contributed by atoms with van der Waals surface area (Å²) in [5.74, 6) is -2.16. The predicted molar refractivity (Wildman–Crippen MR) is 85.8 cm³/mol. The molecule has 1 amide bonds. The van der Waals surface area contributed by atoms with Crippen molar-refractivity contribution in [1.29, 1.82) is 0 Å². The third-order valence-corrected chi connectivity index (χ3v) is 3.48. The summed E-state index contributed by atoms with van der Waals surface area (Å²) in [4.78, 5) is 27.9. The molecule has 0 aliphatic rings. The molecule has 1 aromatic heterocycles. The van der Waals surface area contributed by atoms with Crippen molar-refractivity contribution in [3.63, 3.8) is 0 Å². The highest BCUT2D eigenvalue weighted by Gasteiger charge is 2.08. The van der Waals surface area contributed by atoms with E-state index < -0.39 is 11.6 Å². The first-order chi connectivity index (χ1) is 11.4. The molecule has 0 saturated carbocycles. The second-order valence-electron chi connectivity index (χ2n) is 5.34. The van der Waals surface area contributed by atoms with Crippen LogP contribution in [0.1, 0.15) is 12.5 Å². The number of benzene rings is 2. The molecule has 0 atom stereocenters. The highest BCUT2D eigenvalue weighted by atomic mass is 19.2. The summed E-state index contributed by atoms with van der Waals surface area (Å²) >= 11 is 0. The van der Waals surface area contributed by atoms with Crippen LogP contribution in [0.15, 0.2) is 47.5 Å². The van der Waals surface area contributed by atoms with E-state index in [0.29, 0.717) is 22.2 Å². The van der Waals surface area contributed by atoms with Crippen LogP contribution in [0.25, 0.3) is 10.9 Å². The van der Waals surface area contributed by atoms with Crippen LogP contribution in [0.2, 0.25) is 0 Å². The van der Waals surface area contributed by atoms with Gasteiger partial charge in [0.1, 0.15) is 0 Å². The lowest BCUT2D eigenvalue weighted by Crippen LogP contribution is -2.21. The zero-order valence-electron chi connectivity index (χ0n) is 12.7.